The maximum Gasteiger partial charge on any atom is 0.0616 e. The third-order valence-corrected chi connectivity index (χ3v) is 5.94. The second-order valence-corrected chi connectivity index (χ2v) is 6.95. The van der Waals surface area contributed by atoms with Crippen molar-refractivity contribution in [3.63, 3.8) is 0 Å². The quantitative estimate of drug-likeness (QED) is 0.601. The second-order valence-electron chi connectivity index (χ2n) is 6.95. The van der Waals surface area contributed by atoms with E-state index in [1.54, 1.807) is 0 Å². The Morgan fingerprint density at radius 2 is 1.75 bits per heavy atom. The van der Waals surface area contributed by atoms with Gasteiger partial charge in [0.15, 0.2) is 0 Å². The minimum Gasteiger partial charge on any atom is -0.374 e. The molecule has 0 amide bonds. The first-order chi connectivity index (χ1) is 7.60. The van der Waals surface area contributed by atoms with Crippen molar-refractivity contribution < 1.29 is 4.74 Å². The third kappa shape index (κ3) is 1.47. The highest BCUT2D eigenvalue weighted by molar-refractivity contribution is 5.02. The van der Waals surface area contributed by atoms with Crippen LogP contribution >= 0.6 is 0 Å². The Hall–Kier alpha value is -0.0400. The van der Waals surface area contributed by atoms with Gasteiger partial charge >= 0.3 is 0 Å². The van der Waals surface area contributed by atoms with Crippen LogP contribution in [0.4, 0.5) is 0 Å². The second kappa shape index (κ2) is 3.73. The van der Waals surface area contributed by atoms with Crippen molar-refractivity contribution in [2.24, 2.45) is 23.2 Å². The molecule has 1 aliphatic heterocycles. The van der Waals surface area contributed by atoms with Crippen molar-refractivity contribution in [2.75, 3.05) is 0 Å². The lowest BCUT2D eigenvalue weighted by Gasteiger charge is -2.46. The van der Waals surface area contributed by atoms with E-state index < -0.39 is 0 Å². The molecule has 92 valence electrons. The molecule has 1 heterocycles. The summed E-state index contributed by atoms with van der Waals surface area (Å²) >= 11 is 0. The number of rotatable bonds is 0. The molecule has 5 atom stereocenters. The molecule has 5 unspecified atom stereocenters. The fourth-order valence-electron chi connectivity index (χ4n) is 4.79. The minimum atomic E-state index is 0.408. The van der Waals surface area contributed by atoms with E-state index >= 15 is 0 Å². The Labute approximate surface area is 99.9 Å². The van der Waals surface area contributed by atoms with Crippen LogP contribution in [-0.2, 0) is 4.74 Å². The number of ether oxygens (including phenoxy) is 1. The van der Waals surface area contributed by atoms with Crippen LogP contribution in [0.25, 0.3) is 0 Å². The zero-order valence-electron chi connectivity index (χ0n) is 11.0. The monoisotopic (exact) mass is 222 g/mol. The summed E-state index contributed by atoms with van der Waals surface area (Å²) in [6.45, 7) is 7.18. The Balaban J connectivity index is 1.88. The molecule has 3 aliphatic rings. The molecule has 1 saturated heterocycles. The normalized spacial score (nSPS) is 50.8. The Bertz CT molecular complexity index is 271. The highest BCUT2D eigenvalue weighted by Crippen LogP contribution is 2.56. The van der Waals surface area contributed by atoms with Crippen molar-refractivity contribution >= 4 is 0 Å². The molecule has 3 fully saturated rings. The van der Waals surface area contributed by atoms with E-state index in [1.165, 1.54) is 38.5 Å². The van der Waals surface area contributed by atoms with Gasteiger partial charge in [0.1, 0.15) is 0 Å². The van der Waals surface area contributed by atoms with Gasteiger partial charge in [-0.05, 0) is 49.4 Å². The van der Waals surface area contributed by atoms with Gasteiger partial charge in [-0.25, -0.2) is 0 Å². The minimum absolute atomic E-state index is 0.408. The van der Waals surface area contributed by atoms with Crippen molar-refractivity contribution in [1.82, 2.24) is 0 Å². The van der Waals surface area contributed by atoms with Gasteiger partial charge in [-0.15, -0.1) is 0 Å². The lowest BCUT2D eigenvalue weighted by Crippen LogP contribution is -2.43. The maximum absolute atomic E-state index is 6.23. The van der Waals surface area contributed by atoms with E-state index in [0.29, 0.717) is 17.6 Å². The third-order valence-electron chi connectivity index (χ3n) is 5.94. The summed E-state index contributed by atoms with van der Waals surface area (Å²) in [6, 6.07) is 0. The summed E-state index contributed by atoms with van der Waals surface area (Å²) in [5.74, 6) is 2.86. The van der Waals surface area contributed by atoms with Crippen LogP contribution in [0.1, 0.15) is 59.3 Å². The van der Waals surface area contributed by atoms with Crippen LogP contribution in [-0.4, -0.2) is 12.2 Å². The van der Waals surface area contributed by atoms with Crippen molar-refractivity contribution in [3.8, 4) is 0 Å². The molecule has 0 aromatic carbocycles. The number of hydrogen-bond donors (Lipinski definition) is 0. The fraction of sp³-hybridized carbons (Fsp3) is 1.00. The van der Waals surface area contributed by atoms with Gasteiger partial charge in [-0.3, -0.25) is 0 Å². The Morgan fingerprint density at radius 1 is 1.00 bits per heavy atom. The van der Waals surface area contributed by atoms with Crippen molar-refractivity contribution in [2.45, 2.75) is 71.5 Å². The SMILES string of the molecule is CC1OC2CCC3CCCCC3C2C1(C)C. The fourth-order valence-corrected chi connectivity index (χ4v) is 4.79. The molecule has 2 aliphatic carbocycles. The van der Waals surface area contributed by atoms with Gasteiger partial charge in [0.2, 0.25) is 0 Å². The van der Waals surface area contributed by atoms with E-state index in [0.717, 1.165) is 17.8 Å². The van der Waals surface area contributed by atoms with Gasteiger partial charge in [-0.1, -0.05) is 33.1 Å². The molecule has 1 heteroatoms. The molecule has 0 N–H and O–H groups in total. The van der Waals surface area contributed by atoms with Gasteiger partial charge in [0.05, 0.1) is 12.2 Å². The average molecular weight is 222 g/mol. The van der Waals surface area contributed by atoms with Gasteiger partial charge in [-0.2, -0.15) is 0 Å². The van der Waals surface area contributed by atoms with Crippen molar-refractivity contribution in [3.05, 3.63) is 0 Å². The van der Waals surface area contributed by atoms with Crippen LogP contribution < -0.4 is 0 Å². The van der Waals surface area contributed by atoms with E-state index in [4.69, 9.17) is 4.74 Å². The van der Waals surface area contributed by atoms with E-state index in [9.17, 15) is 0 Å². The molecule has 0 aromatic heterocycles. The van der Waals surface area contributed by atoms with Crippen LogP contribution in [0, 0.1) is 23.2 Å². The summed E-state index contributed by atoms with van der Waals surface area (Å²) in [5, 5.41) is 0. The molecule has 2 saturated carbocycles. The Morgan fingerprint density at radius 3 is 2.56 bits per heavy atom. The lowest BCUT2D eigenvalue weighted by atomic mass is 9.57. The van der Waals surface area contributed by atoms with Gasteiger partial charge in [0, 0.05) is 0 Å². The summed E-state index contributed by atoms with van der Waals surface area (Å²) in [4.78, 5) is 0. The molecule has 0 radical (unpaired) electrons. The average Bonchev–Trinajstić information content (AvgIpc) is 2.50. The molecule has 0 bridgehead atoms. The van der Waals surface area contributed by atoms with E-state index in [-0.39, 0.29) is 0 Å². The highest BCUT2D eigenvalue weighted by Gasteiger charge is 2.54. The molecule has 1 nitrogen and oxygen atoms in total. The first-order valence-electron chi connectivity index (χ1n) is 7.26. The van der Waals surface area contributed by atoms with E-state index in [1.807, 2.05) is 0 Å². The predicted octanol–water partition coefficient (Wildman–Crippen LogP) is 4.02. The lowest BCUT2D eigenvalue weighted by molar-refractivity contribution is -0.0152. The topological polar surface area (TPSA) is 9.23 Å². The zero-order chi connectivity index (χ0) is 11.3. The zero-order valence-corrected chi connectivity index (χ0v) is 11.0. The first kappa shape index (κ1) is 11.1. The highest BCUT2D eigenvalue weighted by atomic mass is 16.5. The predicted molar refractivity (Wildman–Crippen MR) is 66.3 cm³/mol. The standard InChI is InChI=1S/C15H26O/c1-10-15(2,3)14-12-7-5-4-6-11(12)8-9-13(14)16-10/h10-14H,4-9H2,1-3H3. The number of hydrogen-bond acceptors (Lipinski definition) is 1. The van der Waals surface area contributed by atoms with E-state index in [2.05, 4.69) is 20.8 Å². The van der Waals surface area contributed by atoms with Crippen molar-refractivity contribution in [1.29, 1.82) is 0 Å². The number of fused-ring (bicyclic) bond motifs is 3. The van der Waals surface area contributed by atoms with Crippen LogP contribution in [0.2, 0.25) is 0 Å². The largest absolute Gasteiger partial charge is 0.374 e. The molecular weight excluding hydrogens is 196 g/mol. The Kier molecular flexibility index (Phi) is 2.58. The summed E-state index contributed by atoms with van der Waals surface area (Å²) in [7, 11) is 0. The summed E-state index contributed by atoms with van der Waals surface area (Å²) < 4.78 is 6.23. The maximum atomic E-state index is 6.23. The molecule has 0 aromatic rings. The van der Waals surface area contributed by atoms with Gasteiger partial charge in [0.25, 0.3) is 0 Å². The first-order valence-corrected chi connectivity index (χ1v) is 7.26. The smallest absolute Gasteiger partial charge is 0.0616 e. The van der Waals surface area contributed by atoms with Gasteiger partial charge < -0.3 is 4.74 Å². The molecule has 16 heavy (non-hydrogen) atoms. The summed E-state index contributed by atoms with van der Waals surface area (Å²) in [5.41, 5.74) is 0.408. The van der Waals surface area contributed by atoms with Crippen LogP contribution in [0.5, 0.6) is 0 Å². The van der Waals surface area contributed by atoms with Crippen LogP contribution in [0.3, 0.4) is 0 Å². The molecule has 3 rings (SSSR count). The molecule has 0 spiro atoms. The van der Waals surface area contributed by atoms with Crippen LogP contribution in [0.15, 0.2) is 0 Å². The summed E-state index contributed by atoms with van der Waals surface area (Å²) in [6.07, 6.45) is 9.75. The molecular formula is C15H26O.